The van der Waals surface area contributed by atoms with Gasteiger partial charge in [-0.05, 0) is 36.9 Å². The fourth-order valence-electron chi connectivity index (χ4n) is 6.07. The molecule has 0 aromatic heterocycles. The van der Waals surface area contributed by atoms with Crippen LogP contribution in [0.1, 0.15) is 50.0 Å². The molecule has 0 saturated carbocycles. The van der Waals surface area contributed by atoms with Gasteiger partial charge in [0.05, 0.1) is 32.0 Å². The molecular weight excluding hydrogens is 572 g/mol. The molecule has 0 amide bonds. The number of hydrogen-bond acceptors (Lipinski definition) is 14. The summed E-state index contributed by atoms with van der Waals surface area (Å²) in [4.78, 5) is 53.3. The predicted octanol–water partition coefficient (Wildman–Crippen LogP) is -0.155. The lowest BCUT2D eigenvalue weighted by molar-refractivity contribution is -0.221. The van der Waals surface area contributed by atoms with Crippen LogP contribution >= 0.6 is 0 Å². The van der Waals surface area contributed by atoms with Crippen molar-refractivity contribution in [3.63, 3.8) is 0 Å². The number of Topliss-reactive ketones (excluding diaryl/α,β-unsaturated/α-hetero) is 2. The minimum absolute atomic E-state index is 0.0384. The van der Waals surface area contributed by atoms with Gasteiger partial charge in [-0.25, -0.2) is 4.79 Å². The second kappa shape index (κ2) is 10.4. The van der Waals surface area contributed by atoms with E-state index >= 15 is 0 Å². The molecule has 3 aliphatic rings. The minimum Gasteiger partial charge on any atom is -0.507 e. The first kappa shape index (κ1) is 30.5. The molecule has 43 heavy (non-hydrogen) atoms. The maximum absolute atomic E-state index is 13.7. The van der Waals surface area contributed by atoms with Crippen LogP contribution < -0.4 is 4.74 Å². The van der Waals surface area contributed by atoms with Gasteiger partial charge < -0.3 is 49.2 Å². The van der Waals surface area contributed by atoms with Gasteiger partial charge in [0.25, 0.3) is 0 Å². The molecule has 2 aliphatic carbocycles. The molecule has 1 heterocycles. The Morgan fingerprint density at radius 2 is 1.74 bits per heavy atom. The summed E-state index contributed by atoms with van der Waals surface area (Å²) in [6.45, 7) is 3.01. The number of aliphatic hydroxyl groups excluding tert-OH is 2. The standard InChI is InChI=1S/C29H30O14/c1-10-19-12(7-14(20(10)27(36)41-5)43-18-9-15(39-3)22(31)11(2)42-18)6-13-21(23(19)32)26(35)28(37)17(30)8-16(40-4)25(34)29(28,38)24(13)33/h6-8,11,15,18,22,25,31-32,34,37-38H,9H2,1-5H3/t11-,15-,18-,22-,25+,28+,29+/m0/s1. The zero-order valence-electron chi connectivity index (χ0n) is 23.7. The summed E-state index contributed by atoms with van der Waals surface area (Å²) in [6, 6.07) is 2.36. The van der Waals surface area contributed by atoms with Crippen molar-refractivity contribution >= 4 is 34.1 Å². The SMILES string of the molecule is COC(=O)c1c(O[C@H]2C[C@H](OC)[C@@H](O)[C@H](C)O2)cc2cc3c(c(O)c2c1C)C(=O)[C@]1(O)C(=O)C=C(OC)[C@@H](O)[C@]1(O)C3=O. The number of phenolic OH excluding ortho intramolecular Hbond substituents is 1. The molecule has 2 aromatic carbocycles. The number of ether oxygens (including phenoxy) is 5. The van der Waals surface area contributed by atoms with E-state index in [1.807, 2.05) is 0 Å². The number of benzene rings is 2. The van der Waals surface area contributed by atoms with E-state index in [1.165, 1.54) is 20.1 Å². The number of esters is 1. The lowest BCUT2D eigenvalue weighted by Crippen LogP contribution is -2.76. The molecule has 0 unspecified atom stereocenters. The maximum Gasteiger partial charge on any atom is 0.341 e. The Kier molecular flexibility index (Phi) is 7.36. The van der Waals surface area contributed by atoms with E-state index in [0.29, 0.717) is 6.08 Å². The van der Waals surface area contributed by atoms with Crippen molar-refractivity contribution in [1.82, 2.24) is 0 Å². The number of rotatable bonds is 5. The molecule has 1 fully saturated rings. The molecule has 2 aromatic rings. The molecule has 0 bridgehead atoms. The normalized spacial score (nSPS) is 32.2. The van der Waals surface area contributed by atoms with Crippen LogP contribution in [0.5, 0.6) is 11.5 Å². The number of methoxy groups -OCH3 is 3. The van der Waals surface area contributed by atoms with Crippen LogP contribution in [0.3, 0.4) is 0 Å². The Bertz CT molecular complexity index is 1610. The summed E-state index contributed by atoms with van der Waals surface area (Å²) in [6.07, 6.45) is -5.01. The van der Waals surface area contributed by atoms with Gasteiger partial charge in [0.2, 0.25) is 34.8 Å². The van der Waals surface area contributed by atoms with Crippen molar-refractivity contribution in [2.75, 3.05) is 21.3 Å². The van der Waals surface area contributed by atoms with Gasteiger partial charge in [0.15, 0.2) is 6.10 Å². The summed E-state index contributed by atoms with van der Waals surface area (Å²) in [5.41, 5.74) is -8.44. The molecule has 5 rings (SSSR count). The Labute approximate surface area is 244 Å². The van der Waals surface area contributed by atoms with Crippen molar-refractivity contribution in [1.29, 1.82) is 0 Å². The number of phenols is 1. The highest BCUT2D eigenvalue weighted by atomic mass is 16.7. The topological polar surface area (TPSA) is 216 Å². The largest absolute Gasteiger partial charge is 0.507 e. The number of carbonyl (C=O) groups is 4. The lowest BCUT2D eigenvalue weighted by Gasteiger charge is -2.47. The quantitative estimate of drug-likeness (QED) is 0.222. The van der Waals surface area contributed by atoms with E-state index in [-0.39, 0.29) is 34.1 Å². The van der Waals surface area contributed by atoms with Crippen LogP contribution in [0.2, 0.25) is 0 Å². The Morgan fingerprint density at radius 1 is 1.07 bits per heavy atom. The molecule has 14 heteroatoms. The molecule has 1 saturated heterocycles. The zero-order valence-corrected chi connectivity index (χ0v) is 23.7. The van der Waals surface area contributed by atoms with Crippen LogP contribution in [-0.2, 0) is 23.7 Å². The predicted molar refractivity (Wildman–Crippen MR) is 143 cm³/mol. The van der Waals surface area contributed by atoms with Gasteiger partial charge in [-0.1, -0.05) is 0 Å². The summed E-state index contributed by atoms with van der Waals surface area (Å²) in [5, 5.41) is 55.0. The van der Waals surface area contributed by atoms with Crippen LogP contribution in [-0.4, -0.2) is 112 Å². The number of ketones is 3. The van der Waals surface area contributed by atoms with Gasteiger partial charge >= 0.3 is 5.97 Å². The first-order chi connectivity index (χ1) is 20.2. The molecular formula is C29H30O14. The molecule has 5 N–H and O–H groups in total. The number of hydrogen-bond donors (Lipinski definition) is 5. The number of aryl methyl sites for hydroxylation is 1. The van der Waals surface area contributed by atoms with E-state index in [9.17, 15) is 44.7 Å². The van der Waals surface area contributed by atoms with Crippen molar-refractivity contribution < 1.29 is 68.4 Å². The van der Waals surface area contributed by atoms with E-state index in [2.05, 4.69) is 0 Å². The van der Waals surface area contributed by atoms with Gasteiger partial charge in [0.1, 0.15) is 28.9 Å². The first-order valence-corrected chi connectivity index (χ1v) is 13.2. The average molecular weight is 603 g/mol. The Morgan fingerprint density at radius 3 is 2.35 bits per heavy atom. The number of aromatic hydroxyl groups is 1. The molecule has 0 radical (unpaired) electrons. The number of aliphatic hydroxyl groups is 4. The van der Waals surface area contributed by atoms with E-state index in [0.717, 1.165) is 20.3 Å². The van der Waals surface area contributed by atoms with Crippen molar-refractivity contribution in [3.05, 3.63) is 46.2 Å². The van der Waals surface area contributed by atoms with Crippen molar-refractivity contribution in [2.24, 2.45) is 0 Å². The van der Waals surface area contributed by atoms with Crippen LogP contribution in [0, 0.1) is 6.92 Å². The van der Waals surface area contributed by atoms with Gasteiger partial charge in [0, 0.05) is 30.6 Å². The third kappa shape index (κ3) is 4.02. The third-order valence-electron chi connectivity index (χ3n) is 8.45. The van der Waals surface area contributed by atoms with Crippen molar-refractivity contribution in [2.45, 2.75) is 62.2 Å². The fraction of sp³-hybridized carbons (Fsp3) is 0.448. The molecule has 0 spiro atoms. The summed E-state index contributed by atoms with van der Waals surface area (Å²) >= 11 is 0. The third-order valence-corrected chi connectivity index (χ3v) is 8.45. The van der Waals surface area contributed by atoms with Crippen LogP contribution in [0.15, 0.2) is 24.0 Å². The second-order valence-corrected chi connectivity index (χ2v) is 10.7. The zero-order chi connectivity index (χ0) is 31.8. The smallest absolute Gasteiger partial charge is 0.341 e. The van der Waals surface area contributed by atoms with E-state index in [1.54, 1.807) is 6.92 Å². The van der Waals surface area contributed by atoms with Gasteiger partial charge in [-0.15, -0.1) is 0 Å². The first-order valence-electron chi connectivity index (χ1n) is 13.2. The second-order valence-electron chi connectivity index (χ2n) is 10.7. The number of fused-ring (bicyclic) bond motifs is 3. The monoisotopic (exact) mass is 602 g/mol. The molecule has 230 valence electrons. The molecule has 7 atom stereocenters. The lowest BCUT2D eigenvalue weighted by atomic mass is 9.60. The average Bonchev–Trinajstić information content (AvgIpc) is 2.97. The van der Waals surface area contributed by atoms with Crippen molar-refractivity contribution in [3.8, 4) is 11.5 Å². The Hall–Kier alpha value is -3.92. The highest BCUT2D eigenvalue weighted by molar-refractivity contribution is 6.35. The fourth-order valence-corrected chi connectivity index (χ4v) is 6.07. The summed E-state index contributed by atoms with van der Waals surface area (Å²) in [7, 11) is 3.57. The summed E-state index contributed by atoms with van der Waals surface area (Å²) in [5.74, 6) is -6.88. The van der Waals surface area contributed by atoms with E-state index < -0.39 is 87.9 Å². The van der Waals surface area contributed by atoms with Crippen LogP contribution in [0.4, 0.5) is 0 Å². The Balaban J connectivity index is 1.73. The van der Waals surface area contributed by atoms with Crippen LogP contribution in [0.25, 0.3) is 10.8 Å². The summed E-state index contributed by atoms with van der Waals surface area (Å²) < 4.78 is 26.9. The van der Waals surface area contributed by atoms with Gasteiger partial charge in [-0.3, -0.25) is 14.4 Å². The molecule has 14 nitrogen and oxygen atoms in total. The van der Waals surface area contributed by atoms with E-state index in [4.69, 9.17) is 23.7 Å². The highest BCUT2D eigenvalue weighted by Gasteiger charge is 2.73. The molecule has 1 aliphatic heterocycles. The minimum atomic E-state index is -3.50. The van der Waals surface area contributed by atoms with Gasteiger partial charge in [-0.2, -0.15) is 0 Å². The highest BCUT2D eigenvalue weighted by Crippen LogP contribution is 2.49. The number of carbonyl (C=O) groups excluding carboxylic acids is 4. The maximum atomic E-state index is 13.7.